The van der Waals surface area contributed by atoms with Crippen LogP contribution in [0.15, 0.2) is 18.3 Å². The molecular weight excluding hydrogens is 229 g/mol. The van der Waals surface area contributed by atoms with Gasteiger partial charge in [-0.15, -0.1) is 0 Å². The Bertz CT molecular complexity index is 320. The van der Waals surface area contributed by atoms with Crippen LogP contribution in [0.3, 0.4) is 0 Å². The Balaban J connectivity index is 2.64. The van der Waals surface area contributed by atoms with Crippen molar-refractivity contribution in [1.82, 2.24) is 4.98 Å². The molecule has 0 aliphatic heterocycles. The van der Waals surface area contributed by atoms with E-state index in [1.807, 2.05) is 0 Å². The summed E-state index contributed by atoms with van der Waals surface area (Å²) in [5.41, 5.74) is 0.416. The fourth-order valence-corrected chi connectivity index (χ4v) is 2.85. The van der Waals surface area contributed by atoms with Gasteiger partial charge in [-0.2, -0.15) is 0 Å². The molecule has 6 heteroatoms. The largest absolute Gasteiger partial charge is 0.631 e. The molecule has 0 spiro atoms. The first-order valence-corrected chi connectivity index (χ1v) is 6.89. The third-order valence-corrected chi connectivity index (χ3v) is 3.86. The van der Waals surface area contributed by atoms with Crippen molar-refractivity contribution in [3.05, 3.63) is 24.0 Å². The first-order valence-electron chi connectivity index (χ1n) is 5.16. The molecule has 1 rings (SSSR count). The fraction of sp³-hybridized carbons (Fsp3) is 0.500. The minimum Gasteiger partial charge on any atom is -0.631 e. The summed E-state index contributed by atoms with van der Waals surface area (Å²) in [5.74, 6) is -0.268. The molecule has 0 aromatic carbocycles. The molecule has 0 bridgehead atoms. The van der Waals surface area contributed by atoms with Crippen molar-refractivity contribution in [2.24, 2.45) is 0 Å². The molecule has 90 valence electrons. The van der Waals surface area contributed by atoms with Gasteiger partial charge in [-0.1, -0.05) is 0 Å². The van der Waals surface area contributed by atoms with Gasteiger partial charge in [-0.25, -0.2) is 9.05 Å². The molecule has 0 fully saturated rings. The molecule has 0 unspecified atom stereocenters. The summed E-state index contributed by atoms with van der Waals surface area (Å²) < 4.78 is 10.1. The van der Waals surface area contributed by atoms with Gasteiger partial charge in [0.15, 0.2) is 6.16 Å². The molecular formula is C10H16NO4P. The molecule has 0 saturated carbocycles. The number of hydrogen-bond donors (Lipinski definition) is 1. The molecule has 0 saturated heterocycles. The van der Waals surface area contributed by atoms with Crippen molar-refractivity contribution < 1.29 is 18.7 Å². The van der Waals surface area contributed by atoms with E-state index in [9.17, 15) is 9.69 Å². The number of hydrogen-bond acceptors (Lipinski definition) is 4. The van der Waals surface area contributed by atoms with E-state index < -0.39 is 7.94 Å². The van der Waals surface area contributed by atoms with Crippen molar-refractivity contribution in [3.63, 3.8) is 0 Å². The maximum Gasteiger partial charge on any atom is 0.245 e. The molecule has 0 aliphatic carbocycles. The highest BCUT2D eigenvalue weighted by molar-refractivity contribution is 7.60. The van der Waals surface area contributed by atoms with Crippen LogP contribution in [0.5, 0.6) is 0 Å². The van der Waals surface area contributed by atoms with Crippen LogP contribution >= 0.6 is 7.94 Å². The Morgan fingerprint density at radius 3 is 2.50 bits per heavy atom. The molecule has 16 heavy (non-hydrogen) atoms. The molecule has 0 amide bonds. The SMILES string of the molecule is CCO[P+]([O-])(CC(=O)c1ccc[nH]1)OCC. The lowest BCUT2D eigenvalue weighted by atomic mass is 10.3. The highest BCUT2D eigenvalue weighted by atomic mass is 31.2. The number of carbonyl (C=O) groups is 1. The maximum atomic E-state index is 12.0. The zero-order valence-corrected chi connectivity index (χ0v) is 10.3. The standard InChI is InChI=1S/C10H16NO4P/c1-3-14-16(13,15-4-2)8-10(12)9-6-5-7-11-9/h5-7,11H,3-4,8H2,1-2H3. The molecule has 1 heterocycles. The Kier molecular flexibility index (Phi) is 5.09. The van der Waals surface area contributed by atoms with Crippen LogP contribution in [0.1, 0.15) is 24.3 Å². The summed E-state index contributed by atoms with van der Waals surface area (Å²) in [6.45, 7) is 3.94. The number of aromatic amines is 1. The van der Waals surface area contributed by atoms with Crippen molar-refractivity contribution in [1.29, 1.82) is 0 Å². The van der Waals surface area contributed by atoms with E-state index in [1.165, 1.54) is 0 Å². The van der Waals surface area contributed by atoms with Crippen LogP contribution in [-0.4, -0.2) is 30.1 Å². The molecule has 1 aromatic rings. The zero-order chi connectivity index (χ0) is 12.0. The number of H-pyrrole nitrogens is 1. The highest BCUT2D eigenvalue weighted by Crippen LogP contribution is 2.52. The lowest BCUT2D eigenvalue weighted by molar-refractivity contribution is -0.217. The van der Waals surface area contributed by atoms with E-state index >= 15 is 0 Å². The smallest absolute Gasteiger partial charge is 0.245 e. The van der Waals surface area contributed by atoms with Crippen molar-refractivity contribution in [3.8, 4) is 0 Å². The fourth-order valence-electron chi connectivity index (χ4n) is 1.29. The second-order valence-corrected chi connectivity index (χ2v) is 5.17. The van der Waals surface area contributed by atoms with Gasteiger partial charge in [0.2, 0.25) is 13.7 Å². The van der Waals surface area contributed by atoms with Crippen LogP contribution in [0.4, 0.5) is 0 Å². The van der Waals surface area contributed by atoms with Gasteiger partial charge in [-0.05, 0) is 26.0 Å². The second kappa shape index (κ2) is 6.11. The topological polar surface area (TPSA) is 74.4 Å². The molecule has 1 aromatic heterocycles. The number of aromatic nitrogens is 1. The predicted molar refractivity (Wildman–Crippen MR) is 60.2 cm³/mol. The third-order valence-electron chi connectivity index (χ3n) is 1.89. The molecule has 1 N–H and O–H groups in total. The maximum absolute atomic E-state index is 12.0. The highest BCUT2D eigenvalue weighted by Gasteiger charge is 2.33. The quantitative estimate of drug-likeness (QED) is 0.582. The van der Waals surface area contributed by atoms with Crippen LogP contribution in [0, 0.1) is 0 Å². The summed E-state index contributed by atoms with van der Waals surface area (Å²) in [7, 11) is -3.29. The van der Waals surface area contributed by atoms with E-state index in [-0.39, 0.29) is 25.2 Å². The Hall–Kier alpha value is -0.740. The summed E-state index contributed by atoms with van der Waals surface area (Å²) in [6, 6.07) is 3.34. The number of ketones is 1. The van der Waals surface area contributed by atoms with Gasteiger partial charge in [0.25, 0.3) is 0 Å². The lowest BCUT2D eigenvalue weighted by Crippen LogP contribution is -2.24. The molecule has 0 atom stereocenters. The van der Waals surface area contributed by atoms with Gasteiger partial charge < -0.3 is 9.88 Å². The van der Waals surface area contributed by atoms with Crippen LogP contribution in [-0.2, 0) is 9.05 Å². The normalized spacial score (nSPS) is 11.7. The first kappa shape index (κ1) is 13.3. The summed E-state index contributed by atoms with van der Waals surface area (Å²) in [4.78, 5) is 26.5. The van der Waals surface area contributed by atoms with E-state index in [1.54, 1.807) is 32.2 Å². The van der Waals surface area contributed by atoms with E-state index in [2.05, 4.69) is 4.98 Å². The molecule has 0 radical (unpaired) electrons. The summed E-state index contributed by atoms with van der Waals surface area (Å²) in [6.07, 6.45) is 1.41. The van der Waals surface area contributed by atoms with E-state index in [4.69, 9.17) is 9.05 Å². The van der Waals surface area contributed by atoms with Gasteiger partial charge in [0, 0.05) is 6.20 Å². The summed E-state index contributed by atoms with van der Waals surface area (Å²) >= 11 is 0. The predicted octanol–water partition coefficient (Wildman–Crippen LogP) is 1.39. The summed E-state index contributed by atoms with van der Waals surface area (Å²) in [5, 5.41) is 0. The molecule has 0 aliphatic rings. The molecule has 5 nitrogen and oxygen atoms in total. The minimum atomic E-state index is -3.29. The number of Topliss-reactive ketones (excluding diaryl/α,β-unsaturated/α-hetero) is 1. The average Bonchev–Trinajstić information content (AvgIpc) is 2.70. The van der Waals surface area contributed by atoms with Crippen molar-refractivity contribution >= 4 is 13.7 Å². The second-order valence-electron chi connectivity index (χ2n) is 3.11. The van der Waals surface area contributed by atoms with Crippen molar-refractivity contribution in [2.45, 2.75) is 13.8 Å². The third kappa shape index (κ3) is 3.68. The average molecular weight is 245 g/mol. The Labute approximate surface area is 95.4 Å². The van der Waals surface area contributed by atoms with Crippen LogP contribution < -0.4 is 4.89 Å². The van der Waals surface area contributed by atoms with Crippen molar-refractivity contribution in [2.75, 3.05) is 19.4 Å². The van der Waals surface area contributed by atoms with E-state index in [0.29, 0.717) is 5.69 Å². The van der Waals surface area contributed by atoms with Crippen LogP contribution in [0.25, 0.3) is 0 Å². The monoisotopic (exact) mass is 245 g/mol. The Morgan fingerprint density at radius 1 is 1.44 bits per heavy atom. The van der Waals surface area contributed by atoms with Gasteiger partial charge in [-0.3, -0.25) is 4.79 Å². The lowest BCUT2D eigenvalue weighted by Gasteiger charge is -2.25. The van der Waals surface area contributed by atoms with Gasteiger partial charge >= 0.3 is 0 Å². The number of nitrogens with one attached hydrogen (secondary N) is 1. The van der Waals surface area contributed by atoms with E-state index in [0.717, 1.165) is 0 Å². The van der Waals surface area contributed by atoms with Gasteiger partial charge in [0.1, 0.15) is 0 Å². The number of rotatable bonds is 7. The zero-order valence-electron chi connectivity index (χ0n) is 9.43. The number of carbonyl (C=O) groups excluding carboxylic acids is 1. The van der Waals surface area contributed by atoms with Crippen LogP contribution in [0.2, 0.25) is 0 Å². The van der Waals surface area contributed by atoms with Gasteiger partial charge in [0.05, 0.1) is 18.9 Å². The first-order chi connectivity index (χ1) is 7.61. The minimum absolute atomic E-state index is 0.227. The Morgan fingerprint density at radius 2 is 2.06 bits per heavy atom.